The van der Waals surface area contributed by atoms with Gasteiger partial charge in [0.15, 0.2) is 0 Å². The molecule has 260 valence electrons. The SMILES string of the molecule is CC(C)(C)CCc1ccnc(-n2c3ccccc3c3ccc(Oc4cccc(-n5cc(-c6c(C(C)(C)C)cccc6C(C)(C)C)cn5)c4)cc32)c1. The highest BCUT2D eigenvalue weighted by Gasteiger charge is 2.27. The van der Waals surface area contributed by atoms with Crippen molar-refractivity contribution in [3.8, 4) is 34.1 Å². The van der Waals surface area contributed by atoms with Crippen LogP contribution < -0.4 is 4.74 Å². The summed E-state index contributed by atoms with van der Waals surface area (Å²) in [6, 6.07) is 34.1. The van der Waals surface area contributed by atoms with Crippen LogP contribution in [-0.2, 0) is 17.3 Å². The van der Waals surface area contributed by atoms with Gasteiger partial charge in [-0.05, 0) is 93.8 Å². The maximum absolute atomic E-state index is 6.58. The molecule has 0 aliphatic rings. The number of para-hydroxylation sites is 1. The molecule has 0 amide bonds. The number of fused-ring (bicyclic) bond motifs is 3. The van der Waals surface area contributed by atoms with E-state index < -0.39 is 0 Å². The predicted octanol–water partition coefficient (Wildman–Crippen LogP) is 12.4. The quantitative estimate of drug-likeness (QED) is 0.169. The fourth-order valence-corrected chi connectivity index (χ4v) is 7.05. The van der Waals surface area contributed by atoms with E-state index in [-0.39, 0.29) is 16.2 Å². The van der Waals surface area contributed by atoms with Gasteiger partial charge in [-0.3, -0.25) is 4.57 Å². The summed E-state index contributed by atoms with van der Waals surface area (Å²) < 4.78 is 10.8. The van der Waals surface area contributed by atoms with Gasteiger partial charge in [0.25, 0.3) is 0 Å². The van der Waals surface area contributed by atoms with Gasteiger partial charge >= 0.3 is 0 Å². The minimum absolute atomic E-state index is 0.00955. The van der Waals surface area contributed by atoms with Gasteiger partial charge in [-0.2, -0.15) is 5.10 Å². The molecule has 0 unspecified atom stereocenters. The molecule has 0 saturated carbocycles. The van der Waals surface area contributed by atoms with Crippen LogP contribution in [0.1, 0.15) is 85.4 Å². The zero-order valence-corrected chi connectivity index (χ0v) is 31.6. The Morgan fingerprint density at radius 3 is 2.06 bits per heavy atom. The van der Waals surface area contributed by atoms with Gasteiger partial charge in [0.05, 0.1) is 22.9 Å². The van der Waals surface area contributed by atoms with Crippen LogP contribution in [0.2, 0.25) is 0 Å². The average Bonchev–Trinajstić information content (AvgIpc) is 3.70. The summed E-state index contributed by atoms with van der Waals surface area (Å²) in [4.78, 5) is 4.86. The van der Waals surface area contributed by atoms with Crippen molar-refractivity contribution in [1.29, 1.82) is 0 Å². The number of aromatic nitrogens is 4. The Morgan fingerprint density at radius 1 is 0.647 bits per heavy atom. The molecule has 0 atom stereocenters. The maximum Gasteiger partial charge on any atom is 0.137 e. The van der Waals surface area contributed by atoms with Crippen molar-refractivity contribution >= 4 is 21.8 Å². The Hall–Kier alpha value is -5.16. The van der Waals surface area contributed by atoms with Crippen molar-refractivity contribution in [2.45, 2.75) is 86.0 Å². The Morgan fingerprint density at radius 2 is 1.33 bits per heavy atom. The molecule has 0 saturated heterocycles. The van der Waals surface area contributed by atoms with E-state index in [4.69, 9.17) is 14.8 Å². The first-order chi connectivity index (χ1) is 24.2. The van der Waals surface area contributed by atoms with Crippen molar-refractivity contribution in [1.82, 2.24) is 19.3 Å². The molecular weight excluding hydrogens is 625 g/mol. The molecule has 0 radical (unpaired) electrons. The molecule has 0 fully saturated rings. The van der Waals surface area contributed by atoms with Gasteiger partial charge in [-0.25, -0.2) is 9.67 Å². The van der Waals surface area contributed by atoms with Crippen LogP contribution in [0, 0.1) is 5.41 Å². The van der Waals surface area contributed by atoms with E-state index >= 15 is 0 Å². The normalized spacial score (nSPS) is 12.6. The van der Waals surface area contributed by atoms with Gasteiger partial charge < -0.3 is 4.74 Å². The highest BCUT2D eigenvalue weighted by Crippen LogP contribution is 2.41. The number of hydrogen-bond donors (Lipinski definition) is 0. The predicted molar refractivity (Wildman–Crippen MR) is 213 cm³/mol. The van der Waals surface area contributed by atoms with Gasteiger partial charge in [0, 0.05) is 40.9 Å². The monoisotopic (exact) mass is 674 g/mol. The first-order valence-electron chi connectivity index (χ1n) is 18.1. The summed E-state index contributed by atoms with van der Waals surface area (Å²) in [5.41, 5.74) is 9.72. The fraction of sp³-hybridized carbons (Fsp3) is 0.304. The summed E-state index contributed by atoms with van der Waals surface area (Å²) in [6.07, 6.45) is 8.20. The molecule has 0 bridgehead atoms. The summed E-state index contributed by atoms with van der Waals surface area (Å²) in [5, 5.41) is 7.22. The molecule has 0 aliphatic carbocycles. The zero-order valence-electron chi connectivity index (χ0n) is 31.6. The standard InChI is InChI=1S/C46H50N4O/c1-44(2,3)24-22-31-23-25-47-42(26-31)50-40-19-11-10-16-36(40)37-21-20-35(28-41(37)50)51-34-15-12-14-33(27-34)49-30-32(29-48-49)43-38(45(4,5)6)17-13-18-39(43)46(7,8)9/h10-21,23,25-30H,22,24H2,1-9H3. The first-order valence-corrected chi connectivity index (χ1v) is 18.1. The molecular formula is C46H50N4O. The Bertz CT molecular complexity index is 2320. The fourth-order valence-electron chi connectivity index (χ4n) is 7.05. The van der Waals surface area contributed by atoms with Crippen LogP contribution in [0.4, 0.5) is 0 Å². The summed E-state index contributed by atoms with van der Waals surface area (Å²) in [7, 11) is 0. The maximum atomic E-state index is 6.58. The van der Waals surface area contributed by atoms with Crippen LogP contribution in [0.3, 0.4) is 0 Å². The minimum Gasteiger partial charge on any atom is -0.457 e. The zero-order chi connectivity index (χ0) is 36.1. The Balaban J connectivity index is 1.23. The third-order valence-electron chi connectivity index (χ3n) is 9.72. The second-order valence-electron chi connectivity index (χ2n) is 17.1. The van der Waals surface area contributed by atoms with Crippen molar-refractivity contribution < 1.29 is 4.74 Å². The van der Waals surface area contributed by atoms with E-state index in [0.717, 1.165) is 52.4 Å². The number of benzene rings is 4. The molecule has 7 rings (SSSR count). The Kier molecular flexibility index (Phi) is 8.65. The number of pyridine rings is 1. The van der Waals surface area contributed by atoms with E-state index in [1.807, 2.05) is 29.2 Å². The largest absolute Gasteiger partial charge is 0.457 e. The van der Waals surface area contributed by atoms with Crippen molar-refractivity contribution in [2.75, 3.05) is 0 Å². The number of nitrogens with zero attached hydrogens (tertiary/aromatic N) is 4. The van der Waals surface area contributed by atoms with Gasteiger partial charge in [0.2, 0.25) is 0 Å². The van der Waals surface area contributed by atoms with Gasteiger partial charge in [0.1, 0.15) is 17.3 Å². The van der Waals surface area contributed by atoms with E-state index in [2.05, 4.69) is 158 Å². The number of aryl methyl sites for hydroxylation is 1. The highest BCUT2D eigenvalue weighted by molar-refractivity contribution is 6.09. The van der Waals surface area contributed by atoms with Crippen LogP contribution in [0.15, 0.2) is 116 Å². The first kappa shape index (κ1) is 34.3. The van der Waals surface area contributed by atoms with Crippen LogP contribution in [0.5, 0.6) is 11.5 Å². The molecule has 51 heavy (non-hydrogen) atoms. The molecule has 5 nitrogen and oxygen atoms in total. The lowest BCUT2D eigenvalue weighted by Crippen LogP contribution is -2.18. The second-order valence-corrected chi connectivity index (χ2v) is 17.1. The smallest absolute Gasteiger partial charge is 0.137 e. The third-order valence-corrected chi connectivity index (χ3v) is 9.72. The van der Waals surface area contributed by atoms with Gasteiger partial charge in [-0.15, -0.1) is 0 Å². The van der Waals surface area contributed by atoms with E-state index in [0.29, 0.717) is 0 Å². The summed E-state index contributed by atoms with van der Waals surface area (Å²) >= 11 is 0. The highest BCUT2D eigenvalue weighted by atomic mass is 16.5. The van der Waals surface area contributed by atoms with Crippen LogP contribution in [0.25, 0.3) is 44.4 Å². The molecule has 7 aromatic rings. The third kappa shape index (κ3) is 7.08. The van der Waals surface area contributed by atoms with Gasteiger partial charge in [-0.1, -0.05) is 105 Å². The molecule has 0 aliphatic heterocycles. The van der Waals surface area contributed by atoms with E-state index in [9.17, 15) is 0 Å². The Labute approximate surface area is 302 Å². The lowest BCUT2D eigenvalue weighted by Gasteiger charge is -2.29. The van der Waals surface area contributed by atoms with Crippen molar-refractivity contribution in [3.05, 3.63) is 132 Å². The van der Waals surface area contributed by atoms with E-state index in [1.54, 1.807) is 0 Å². The summed E-state index contributed by atoms with van der Waals surface area (Å²) in [5.74, 6) is 2.44. The molecule has 3 aromatic heterocycles. The van der Waals surface area contributed by atoms with E-state index in [1.165, 1.54) is 33.0 Å². The summed E-state index contributed by atoms with van der Waals surface area (Å²) in [6.45, 7) is 20.6. The second kappa shape index (κ2) is 12.9. The van der Waals surface area contributed by atoms with Crippen molar-refractivity contribution in [2.24, 2.45) is 5.41 Å². The average molecular weight is 675 g/mol. The number of rotatable bonds is 7. The topological polar surface area (TPSA) is 44.9 Å². The van der Waals surface area contributed by atoms with Crippen LogP contribution >= 0.6 is 0 Å². The molecule has 5 heteroatoms. The minimum atomic E-state index is -0.00955. The lowest BCUT2D eigenvalue weighted by molar-refractivity contribution is 0.378. The molecule has 3 heterocycles. The molecule has 0 spiro atoms. The molecule has 4 aromatic carbocycles. The number of hydrogen-bond acceptors (Lipinski definition) is 3. The number of ether oxygens (including phenoxy) is 1. The molecule has 0 N–H and O–H groups in total. The van der Waals surface area contributed by atoms with Crippen molar-refractivity contribution in [3.63, 3.8) is 0 Å². The lowest BCUT2D eigenvalue weighted by atomic mass is 9.75. The van der Waals surface area contributed by atoms with Crippen LogP contribution in [-0.4, -0.2) is 19.3 Å².